The van der Waals surface area contributed by atoms with Crippen molar-refractivity contribution in [1.29, 1.82) is 0 Å². The Morgan fingerprint density at radius 3 is 2.60 bits per heavy atom. The molecule has 0 saturated carbocycles. The molecular formula is C12H14Cl2N2O2S2. The van der Waals surface area contributed by atoms with Crippen LogP contribution in [0.2, 0.25) is 5.02 Å². The molecule has 1 fully saturated rings. The van der Waals surface area contributed by atoms with Crippen molar-refractivity contribution in [2.24, 2.45) is 0 Å². The molecule has 0 spiro atoms. The van der Waals surface area contributed by atoms with Crippen LogP contribution in [0, 0.1) is 0 Å². The van der Waals surface area contributed by atoms with E-state index in [9.17, 15) is 8.42 Å². The zero-order chi connectivity index (χ0) is 13.5. The Morgan fingerprint density at radius 2 is 1.90 bits per heavy atom. The minimum Gasteiger partial charge on any atom is -0.314 e. The minimum atomic E-state index is -3.37. The molecule has 1 N–H and O–H groups in total. The van der Waals surface area contributed by atoms with Crippen LogP contribution in [0.3, 0.4) is 0 Å². The number of fused-ring (bicyclic) bond motifs is 1. The van der Waals surface area contributed by atoms with E-state index in [1.165, 1.54) is 15.6 Å². The minimum absolute atomic E-state index is 0. The van der Waals surface area contributed by atoms with Crippen molar-refractivity contribution in [1.82, 2.24) is 9.62 Å². The molecule has 0 aliphatic carbocycles. The highest BCUT2D eigenvalue weighted by Crippen LogP contribution is 2.32. The Kier molecular flexibility index (Phi) is 4.94. The summed E-state index contributed by atoms with van der Waals surface area (Å²) in [6.45, 7) is 2.46. The molecule has 110 valence electrons. The van der Waals surface area contributed by atoms with Crippen molar-refractivity contribution >= 4 is 55.5 Å². The number of halogens is 2. The molecule has 0 radical (unpaired) electrons. The molecule has 1 saturated heterocycles. The summed E-state index contributed by atoms with van der Waals surface area (Å²) >= 11 is 7.23. The number of hydrogen-bond donors (Lipinski definition) is 1. The Bertz CT molecular complexity index is 709. The Labute approximate surface area is 133 Å². The number of thiophene rings is 1. The van der Waals surface area contributed by atoms with E-state index in [1.54, 1.807) is 18.2 Å². The van der Waals surface area contributed by atoms with Gasteiger partial charge in [0.1, 0.15) is 4.21 Å². The van der Waals surface area contributed by atoms with Crippen molar-refractivity contribution in [3.8, 4) is 0 Å². The third-order valence-corrected chi connectivity index (χ3v) is 6.82. The normalized spacial score (nSPS) is 17.1. The lowest BCUT2D eigenvalue weighted by atomic mass is 10.3. The summed E-state index contributed by atoms with van der Waals surface area (Å²) in [6, 6.07) is 7.15. The first-order chi connectivity index (χ1) is 9.07. The van der Waals surface area contributed by atoms with Gasteiger partial charge in [0.2, 0.25) is 0 Å². The molecule has 3 rings (SSSR count). The van der Waals surface area contributed by atoms with Gasteiger partial charge in [0.05, 0.1) is 0 Å². The van der Waals surface area contributed by atoms with Gasteiger partial charge < -0.3 is 5.32 Å². The molecular weight excluding hydrogens is 339 g/mol. The highest BCUT2D eigenvalue weighted by molar-refractivity contribution is 7.91. The van der Waals surface area contributed by atoms with Gasteiger partial charge in [-0.05, 0) is 29.7 Å². The molecule has 1 aliphatic rings. The van der Waals surface area contributed by atoms with Crippen molar-refractivity contribution in [2.45, 2.75) is 4.21 Å². The topological polar surface area (TPSA) is 49.4 Å². The van der Waals surface area contributed by atoms with Crippen LogP contribution in [0.15, 0.2) is 28.5 Å². The van der Waals surface area contributed by atoms with Gasteiger partial charge in [0, 0.05) is 35.9 Å². The van der Waals surface area contributed by atoms with Crippen molar-refractivity contribution in [2.75, 3.05) is 26.2 Å². The maximum atomic E-state index is 12.5. The molecule has 4 nitrogen and oxygen atoms in total. The number of benzene rings is 1. The van der Waals surface area contributed by atoms with E-state index in [1.807, 2.05) is 6.07 Å². The maximum absolute atomic E-state index is 12.5. The highest BCUT2D eigenvalue weighted by atomic mass is 35.5. The molecule has 2 aromatic rings. The summed E-state index contributed by atoms with van der Waals surface area (Å²) in [5, 5.41) is 4.65. The predicted octanol–water partition coefficient (Wildman–Crippen LogP) is 2.57. The third kappa shape index (κ3) is 2.95. The SMILES string of the molecule is Cl.O=S(=O)(c1cc2cc(Cl)ccc2s1)N1CCNCC1. The first-order valence-electron chi connectivity index (χ1n) is 5.97. The standard InChI is InChI=1S/C12H13ClN2O2S2.ClH/c13-10-1-2-11-9(7-10)8-12(18-11)19(16,17)15-5-3-14-4-6-15;/h1-2,7-8,14H,3-6H2;1H. The van der Waals surface area contributed by atoms with Gasteiger partial charge in [-0.15, -0.1) is 23.7 Å². The molecule has 1 aromatic carbocycles. The van der Waals surface area contributed by atoms with Crippen LogP contribution in [0.25, 0.3) is 10.1 Å². The van der Waals surface area contributed by atoms with Gasteiger partial charge in [-0.2, -0.15) is 4.31 Å². The summed E-state index contributed by atoms with van der Waals surface area (Å²) in [6.07, 6.45) is 0. The zero-order valence-electron chi connectivity index (χ0n) is 10.5. The number of nitrogens with one attached hydrogen (secondary N) is 1. The maximum Gasteiger partial charge on any atom is 0.252 e. The fourth-order valence-electron chi connectivity index (χ4n) is 2.13. The number of hydrogen-bond acceptors (Lipinski definition) is 4. The lowest BCUT2D eigenvalue weighted by Gasteiger charge is -2.25. The number of piperazine rings is 1. The molecule has 0 bridgehead atoms. The molecule has 1 aliphatic heterocycles. The molecule has 0 unspecified atom stereocenters. The number of rotatable bonds is 2. The number of nitrogens with zero attached hydrogens (tertiary/aromatic N) is 1. The summed E-state index contributed by atoms with van der Waals surface area (Å²) in [5.41, 5.74) is 0. The van der Waals surface area contributed by atoms with Crippen LogP contribution in [0.1, 0.15) is 0 Å². The molecule has 1 aromatic heterocycles. The van der Waals surface area contributed by atoms with Gasteiger partial charge in [-0.1, -0.05) is 11.6 Å². The van der Waals surface area contributed by atoms with Crippen LogP contribution >= 0.6 is 35.3 Å². The van der Waals surface area contributed by atoms with Gasteiger partial charge in [-0.3, -0.25) is 0 Å². The zero-order valence-corrected chi connectivity index (χ0v) is 13.7. The quantitative estimate of drug-likeness (QED) is 0.903. The average molecular weight is 353 g/mol. The van der Waals surface area contributed by atoms with Crippen LogP contribution in [-0.2, 0) is 10.0 Å². The van der Waals surface area contributed by atoms with Crippen LogP contribution in [0.5, 0.6) is 0 Å². The summed E-state index contributed by atoms with van der Waals surface area (Å²) in [5.74, 6) is 0. The fraction of sp³-hybridized carbons (Fsp3) is 0.333. The van der Waals surface area contributed by atoms with Crippen LogP contribution in [0.4, 0.5) is 0 Å². The van der Waals surface area contributed by atoms with Crippen molar-refractivity contribution in [3.63, 3.8) is 0 Å². The number of sulfonamides is 1. The Balaban J connectivity index is 0.00000147. The fourth-order valence-corrected chi connectivity index (χ4v) is 5.28. The van der Waals surface area contributed by atoms with E-state index in [0.29, 0.717) is 35.4 Å². The van der Waals surface area contributed by atoms with Gasteiger partial charge in [-0.25, -0.2) is 8.42 Å². The van der Waals surface area contributed by atoms with Gasteiger partial charge >= 0.3 is 0 Å². The monoisotopic (exact) mass is 352 g/mol. The van der Waals surface area contributed by atoms with E-state index in [0.717, 1.165) is 10.1 Å². The molecule has 20 heavy (non-hydrogen) atoms. The first kappa shape index (κ1) is 16.0. The summed E-state index contributed by atoms with van der Waals surface area (Å²) in [4.78, 5) is 0. The molecule has 0 atom stereocenters. The van der Waals surface area contributed by atoms with E-state index in [4.69, 9.17) is 11.6 Å². The van der Waals surface area contributed by atoms with Gasteiger partial charge in [0.15, 0.2) is 0 Å². The molecule has 8 heteroatoms. The van der Waals surface area contributed by atoms with Gasteiger partial charge in [0.25, 0.3) is 10.0 Å². The Morgan fingerprint density at radius 1 is 1.20 bits per heavy atom. The van der Waals surface area contributed by atoms with E-state index in [2.05, 4.69) is 5.32 Å². The first-order valence-corrected chi connectivity index (χ1v) is 8.61. The third-order valence-electron chi connectivity index (χ3n) is 3.13. The van der Waals surface area contributed by atoms with Crippen molar-refractivity contribution in [3.05, 3.63) is 29.3 Å². The second kappa shape index (κ2) is 6.17. The second-order valence-corrected chi connectivity index (χ2v) is 8.09. The average Bonchev–Trinajstić information content (AvgIpc) is 2.83. The summed E-state index contributed by atoms with van der Waals surface area (Å²) < 4.78 is 27.9. The van der Waals surface area contributed by atoms with Crippen LogP contribution < -0.4 is 5.32 Å². The molecule has 2 heterocycles. The largest absolute Gasteiger partial charge is 0.314 e. The lowest BCUT2D eigenvalue weighted by Crippen LogP contribution is -2.46. The lowest BCUT2D eigenvalue weighted by molar-refractivity contribution is 0.361. The Hall–Kier alpha value is -0.370. The molecule has 0 amide bonds. The second-order valence-electron chi connectivity index (χ2n) is 4.40. The highest BCUT2D eigenvalue weighted by Gasteiger charge is 2.27. The van der Waals surface area contributed by atoms with E-state index in [-0.39, 0.29) is 12.4 Å². The predicted molar refractivity (Wildman–Crippen MR) is 85.7 cm³/mol. The van der Waals surface area contributed by atoms with E-state index < -0.39 is 10.0 Å². The summed E-state index contributed by atoms with van der Waals surface area (Å²) in [7, 11) is -3.37. The van der Waals surface area contributed by atoms with Crippen molar-refractivity contribution < 1.29 is 8.42 Å². The smallest absolute Gasteiger partial charge is 0.252 e. The van der Waals surface area contributed by atoms with Crippen LogP contribution in [-0.4, -0.2) is 38.9 Å². The van der Waals surface area contributed by atoms with E-state index >= 15 is 0 Å².